The summed E-state index contributed by atoms with van der Waals surface area (Å²) in [6.45, 7) is 4.66. The Hall–Kier alpha value is -1.58. The number of carbonyl (C=O) groups is 1. The number of aryl methyl sites for hydroxylation is 1. The number of anilines is 1. The molecule has 0 aromatic carbocycles. The number of nitrogens with zero attached hydrogens (tertiary/aromatic N) is 1. The minimum atomic E-state index is -4.18. The summed E-state index contributed by atoms with van der Waals surface area (Å²) in [5, 5.41) is 12.2. The maximum Gasteiger partial charge on any atom is 0.322 e. The van der Waals surface area contributed by atoms with Crippen LogP contribution in [-0.2, 0) is 14.8 Å². The van der Waals surface area contributed by atoms with E-state index in [4.69, 9.17) is 22.4 Å². The van der Waals surface area contributed by atoms with Gasteiger partial charge in [-0.25, -0.2) is 8.42 Å². The molecule has 0 bridgehead atoms. The van der Waals surface area contributed by atoms with E-state index in [9.17, 15) is 13.2 Å². The second kappa shape index (κ2) is 5.59. The zero-order chi connectivity index (χ0) is 14.8. The molecule has 1 aromatic rings. The fourth-order valence-electron chi connectivity index (χ4n) is 1.35. The molecule has 1 rings (SSSR count). The summed E-state index contributed by atoms with van der Waals surface area (Å²) in [6.07, 6.45) is -0.264. The topological polar surface area (TPSA) is 136 Å². The van der Waals surface area contributed by atoms with Crippen molar-refractivity contribution in [1.29, 1.82) is 0 Å². The summed E-state index contributed by atoms with van der Waals surface area (Å²) in [5.74, 6) is -1.78. The Balaban J connectivity index is 3.08. The van der Waals surface area contributed by atoms with Crippen LogP contribution in [0.2, 0.25) is 0 Å². The van der Waals surface area contributed by atoms with E-state index in [0.29, 0.717) is 0 Å². The number of aliphatic carboxylic acids is 1. The SMILES string of the molecule is C=C(Cl)CC(NS(=O)(=O)c1c(N)noc1C)C(=O)O. The van der Waals surface area contributed by atoms with Crippen LogP contribution in [0.3, 0.4) is 0 Å². The number of sulfonamides is 1. The molecule has 19 heavy (non-hydrogen) atoms. The Morgan fingerprint density at radius 2 is 2.26 bits per heavy atom. The van der Waals surface area contributed by atoms with Gasteiger partial charge in [0.05, 0.1) is 0 Å². The minimum absolute atomic E-state index is 0.00473. The molecule has 0 radical (unpaired) electrons. The number of nitrogens with one attached hydrogen (secondary N) is 1. The number of carboxylic acids is 1. The van der Waals surface area contributed by atoms with Gasteiger partial charge < -0.3 is 15.4 Å². The van der Waals surface area contributed by atoms with Crippen LogP contribution < -0.4 is 10.5 Å². The first-order valence-electron chi connectivity index (χ1n) is 4.95. The van der Waals surface area contributed by atoms with Crippen molar-refractivity contribution in [2.75, 3.05) is 5.73 Å². The molecule has 1 atom stereocenters. The second-order valence-electron chi connectivity index (χ2n) is 3.69. The van der Waals surface area contributed by atoms with Crippen molar-refractivity contribution in [2.24, 2.45) is 0 Å². The van der Waals surface area contributed by atoms with Crippen LogP contribution in [0, 0.1) is 6.92 Å². The molecule has 0 aliphatic heterocycles. The molecular formula is C9H12ClN3O5S. The largest absolute Gasteiger partial charge is 0.480 e. The molecule has 0 saturated heterocycles. The molecule has 1 heterocycles. The van der Waals surface area contributed by atoms with Gasteiger partial charge >= 0.3 is 5.97 Å². The van der Waals surface area contributed by atoms with Gasteiger partial charge in [0.15, 0.2) is 16.5 Å². The van der Waals surface area contributed by atoms with Crippen molar-refractivity contribution in [3.05, 3.63) is 17.4 Å². The molecule has 0 aliphatic carbocycles. The number of hydrogen-bond acceptors (Lipinski definition) is 6. The van der Waals surface area contributed by atoms with Crippen LogP contribution in [0.4, 0.5) is 5.82 Å². The lowest BCUT2D eigenvalue weighted by atomic mass is 10.2. The van der Waals surface area contributed by atoms with Gasteiger partial charge in [-0.05, 0) is 6.92 Å². The van der Waals surface area contributed by atoms with Crippen LogP contribution in [0.5, 0.6) is 0 Å². The van der Waals surface area contributed by atoms with Crippen molar-refractivity contribution in [1.82, 2.24) is 9.88 Å². The Morgan fingerprint density at radius 1 is 1.68 bits per heavy atom. The first-order valence-corrected chi connectivity index (χ1v) is 6.81. The van der Waals surface area contributed by atoms with Crippen molar-refractivity contribution in [3.8, 4) is 0 Å². The maximum atomic E-state index is 12.0. The van der Waals surface area contributed by atoms with E-state index in [-0.39, 0.29) is 27.9 Å². The van der Waals surface area contributed by atoms with Gasteiger partial charge in [0.1, 0.15) is 6.04 Å². The number of nitrogen functional groups attached to an aromatic ring is 1. The number of carboxylic acid groups (broad SMARTS) is 1. The highest BCUT2D eigenvalue weighted by Gasteiger charge is 2.30. The molecule has 1 unspecified atom stereocenters. The standard InChI is InChI=1S/C9H12ClN3O5S/c1-4(10)3-6(9(14)15)13-19(16,17)7-5(2)18-12-8(7)11/h6,13H,1,3H2,2H3,(H2,11,12)(H,14,15). The van der Waals surface area contributed by atoms with Crippen LogP contribution in [0.15, 0.2) is 21.0 Å². The Labute approximate surface area is 114 Å². The van der Waals surface area contributed by atoms with Gasteiger partial charge in [0.2, 0.25) is 10.0 Å². The molecule has 106 valence electrons. The van der Waals surface area contributed by atoms with Crippen molar-refractivity contribution in [2.45, 2.75) is 24.3 Å². The van der Waals surface area contributed by atoms with E-state index in [1.54, 1.807) is 0 Å². The zero-order valence-electron chi connectivity index (χ0n) is 9.88. The van der Waals surface area contributed by atoms with E-state index in [2.05, 4.69) is 16.3 Å². The fourth-order valence-corrected chi connectivity index (χ4v) is 2.91. The van der Waals surface area contributed by atoms with Gasteiger partial charge in [-0.1, -0.05) is 23.3 Å². The van der Waals surface area contributed by atoms with Gasteiger partial charge in [-0.2, -0.15) is 4.72 Å². The third-order valence-corrected chi connectivity index (χ3v) is 3.91. The molecule has 0 fully saturated rings. The van der Waals surface area contributed by atoms with E-state index in [0.717, 1.165) is 0 Å². The molecule has 4 N–H and O–H groups in total. The quantitative estimate of drug-likeness (QED) is 0.693. The third-order valence-electron chi connectivity index (χ3n) is 2.12. The highest BCUT2D eigenvalue weighted by Crippen LogP contribution is 2.22. The average Bonchev–Trinajstić information content (AvgIpc) is 2.56. The number of rotatable bonds is 6. The van der Waals surface area contributed by atoms with Crippen molar-refractivity contribution < 1.29 is 22.8 Å². The number of hydrogen-bond donors (Lipinski definition) is 3. The average molecular weight is 310 g/mol. The lowest BCUT2D eigenvalue weighted by Crippen LogP contribution is -2.41. The molecule has 8 nitrogen and oxygen atoms in total. The first kappa shape index (κ1) is 15.5. The zero-order valence-corrected chi connectivity index (χ0v) is 11.5. The van der Waals surface area contributed by atoms with Crippen LogP contribution in [-0.4, -0.2) is 30.7 Å². The van der Waals surface area contributed by atoms with E-state index in [1.807, 2.05) is 4.72 Å². The minimum Gasteiger partial charge on any atom is -0.480 e. The Bertz CT molecular complexity index is 590. The van der Waals surface area contributed by atoms with Crippen LogP contribution >= 0.6 is 11.6 Å². The van der Waals surface area contributed by atoms with E-state index >= 15 is 0 Å². The summed E-state index contributed by atoms with van der Waals surface area (Å²) in [6, 6.07) is -1.45. The molecule has 0 aliphatic rings. The van der Waals surface area contributed by atoms with Gasteiger partial charge in [-0.15, -0.1) is 0 Å². The normalized spacial score (nSPS) is 13.2. The fraction of sp³-hybridized carbons (Fsp3) is 0.333. The first-order chi connectivity index (χ1) is 8.65. The number of nitrogens with two attached hydrogens (primary N) is 1. The third kappa shape index (κ3) is 3.69. The summed E-state index contributed by atoms with van der Waals surface area (Å²) in [5.41, 5.74) is 5.37. The lowest BCUT2D eigenvalue weighted by Gasteiger charge is -2.13. The van der Waals surface area contributed by atoms with E-state index < -0.39 is 22.0 Å². The predicted molar refractivity (Wildman–Crippen MR) is 67.0 cm³/mol. The number of aromatic nitrogens is 1. The van der Waals surface area contributed by atoms with Gasteiger partial charge in [0, 0.05) is 11.5 Å². The summed E-state index contributed by atoms with van der Waals surface area (Å²) < 4.78 is 30.6. The maximum absolute atomic E-state index is 12.0. The predicted octanol–water partition coefficient (Wildman–Crippen LogP) is 0.439. The molecular weight excluding hydrogens is 298 g/mol. The molecule has 10 heteroatoms. The van der Waals surface area contributed by atoms with Crippen LogP contribution in [0.25, 0.3) is 0 Å². The molecule has 0 saturated carbocycles. The van der Waals surface area contributed by atoms with Crippen molar-refractivity contribution in [3.63, 3.8) is 0 Å². The monoisotopic (exact) mass is 309 g/mol. The highest BCUT2D eigenvalue weighted by molar-refractivity contribution is 7.89. The summed E-state index contributed by atoms with van der Waals surface area (Å²) in [7, 11) is -4.18. The molecule has 0 spiro atoms. The summed E-state index contributed by atoms with van der Waals surface area (Å²) in [4.78, 5) is 10.6. The lowest BCUT2D eigenvalue weighted by molar-refractivity contribution is -0.138. The van der Waals surface area contributed by atoms with E-state index in [1.165, 1.54) is 6.92 Å². The smallest absolute Gasteiger partial charge is 0.322 e. The number of halogens is 1. The Kier molecular flexibility index (Phi) is 4.56. The van der Waals surface area contributed by atoms with Crippen LogP contribution in [0.1, 0.15) is 12.2 Å². The highest BCUT2D eigenvalue weighted by atomic mass is 35.5. The van der Waals surface area contributed by atoms with Gasteiger partial charge in [-0.3, -0.25) is 4.79 Å². The second-order valence-corrected chi connectivity index (χ2v) is 5.87. The van der Waals surface area contributed by atoms with Gasteiger partial charge in [0.25, 0.3) is 0 Å². The molecule has 0 amide bonds. The Morgan fingerprint density at radius 3 is 2.63 bits per heavy atom. The summed E-state index contributed by atoms with van der Waals surface area (Å²) >= 11 is 5.48. The van der Waals surface area contributed by atoms with Crippen molar-refractivity contribution >= 4 is 33.4 Å². The molecule has 1 aromatic heterocycles.